The molecule has 0 bridgehead atoms. The maximum absolute atomic E-state index is 12.0. The SMILES string of the molecule is NC1CCC(CC(=O)NC2CCCCCC2)CC1. The molecule has 0 atom stereocenters. The van der Waals surface area contributed by atoms with Crippen LogP contribution in [0.25, 0.3) is 0 Å². The third kappa shape index (κ3) is 4.60. The molecule has 0 heterocycles. The van der Waals surface area contributed by atoms with Crippen molar-refractivity contribution in [1.29, 1.82) is 0 Å². The third-order valence-electron chi connectivity index (χ3n) is 4.59. The third-order valence-corrected chi connectivity index (χ3v) is 4.59. The van der Waals surface area contributed by atoms with E-state index in [-0.39, 0.29) is 5.91 Å². The number of hydrogen-bond acceptors (Lipinski definition) is 2. The highest BCUT2D eigenvalue weighted by molar-refractivity contribution is 5.76. The van der Waals surface area contributed by atoms with E-state index in [2.05, 4.69) is 5.32 Å². The summed E-state index contributed by atoms with van der Waals surface area (Å²) in [6.45, 7) is 0. The highest BCUT2D eigenvalue weighted by Gasteiger charge is 2.22. The van der Waals surface area contributed by atoms with E-state index in [0.29, 0.717) is 18.0 Å². The molecule has 0 aromatic rings. The van der Waals surface area contributed by atoms with Gasteiger partial charge in [0.1, 0.15) is 0 Å². The minimum absolute atomic E-state index is 0.280. The second-order valence-electron chi connectivity index (χ2n) is 6.24. The van der Waals surface area contributed by atoms with Gasteiger partial charge < -0.3 is 11.1 Å². The normalized spacial score (nSPS) is 30.7. The van der Waals surface area contributed by atoms with Crippen LogP contribution in [0.5, 0.6) is 0 Å². The summed E-state index contributed by atoms with van der Waals surface area (Å²) in [4.78, 5) is 12.0. The van der Waals surface area contributed by atoms with E-state index >= 15 is 0 Å². The van der Waals surface area contributed by atoms with Gasteiger partial charge in [-0.05, 0) is 44.4 Å². The van der Waals surface area contributed by atoms with Crippen LogP contribution in [-0.2, 0) is 4.79 Å². The molecule has 0 aromatic carbocycles. The fraction of sp³-hybridized carbons (Fsp3) is 0.933. The highest BCUT2D eigenvalue weighted by atomic mass is 16.1. The molecule has 2 aliphatic carbocycles. The lowest BCUT2D eigenvalue weighted by Gasteiger charge is -2.26. The summed E-state index contributed by atoms with van der Waals surface area (Å²) in [7, 11) is 0. The van der Waals surface area contributed by atoms with Crippen LogP contribution in [0.1, 0.15) is 70.6 Å². The van der Waals surface area contributed by atoms with Crippen molar-refractivity contribution in [2.45, 2.75) is 82.7 Å². The molecule has 3 N–H and O–H groups in total. The Morgan fingerprint density at radius 2 is 1.56 bits per heavy atom. The van der Waals surface area contributed by atoms with Gasteiger partial charge in [-0.25, -0.2) is 0 Å². The first-order valence-electron chi connectivity index (χ1n) is 7.79. The first-order valence-corrected chi connectivity index (χ1v) is 7.79. The van der Waals surface area contributed by atoms with Crippen LogP contribution >= 0.6 is 0 Å². The van der Waals surface area contributed by atoms with Crippen molar-refractivity contribution in [2.75, 3.05) is 0 Å². The Morgan fingerprint density at radius 1 is 0.944 bits per heavy atom. The summed E-state index contributed by atoms with van der Waals surface area (Å²) < 4.78 is 0. The Bertz CT molecular complexity index is 251. The molecule has 104 valence electrons. The number of carbonyl (C=O) groups is 1. The summed E-state index contributed by atoms with van der Waals surface area (Å²) in [5, 5.41) is 3.25. The van der Waals surface area contributed by atoms with Crippen molar-refractivity contribution in [3.8, 4) is 0 Å². The Balaban J connectivity index is 1.67. The number of nitrogens with one attached hydrogen (secondary N) is 1. The Labute approximate surface area is 111 Å². The molecule has 18 heavy (non-hydrogen) atoms. The van der Waals surface area contributed by atoms with E-state index in [1.165, 1.54) is 38.5 Å². The van der Waals surface area contributed by atoms with E-state index in [0.717, 1.165) is 32.1 Å². The van der Waals surface area contributed by atoms with Crippen LogP contribution in [0.4, 0.5) is 0 Å². The van der Waals surface area contributed by atoms with E-state index < -0.39 is 0 Å². The average molecular weight is 252 g/mol. The van der Waals surface area contributed by atoms with E-state index in [9.17, 15) is 4.79 Å². The molecule has 0 unspecified atom stereocenters. The fourth-order valence-corrected chi connectivity index (χ4v) is 3.36. The van der Waals surface area contributed by atoms with Crippen LogP contribution in [0.3, 0.4) is 0 Å². The molecule has 1 amide bonds. The predicted octanol–water partition coefficient (Wildman–Crippen LogP) is 2.73. The van der Waals surface area contributed by atoms with Gasteiger partial charge in [-0.1, -0.05) is 25.7 Å². The first-order chi connectivity index (χ1) is 8.74. The van der Waals surface area contributed by atoms with Crippen LogP contribution in [0.15, 0.2) is 0 Å². The molecule has 2 aliphatic rings. The summed E-state index contributed by atoms with van der Waals surface area (Å²) >= 11 is 0. The molecular formula is C15H28N2O. The lowest BCUT2D eigenvalue weighted by atomic mass is 9.84. The van der Waals surface area contributed by atoms with Gasteiger partial charge in [0, 0.05) is 18.5 Å². The van der Waals surface area contributed by atoms with E-state index in [1.54, 1.807) is 0 Å². The predicted molar refractivity (Wildman–Crippen MR) is 74.2 cm³/mol. The van der Waals surface area contributed by atoms with E-state index in [4.69, 9.17) is 5.73 Å². The second-order valence-corrected chi connectivity index (χ2v) is 6.24. The molecule has 3 nitrogen and oxygen atoms in total. The van der Waals surface area contributed by atoms with Crippen LogP contribution in [0.2, 0.25) is 0 Å². The van der Waals surface area contributed by atoms with Crippen molar-refractivity contribution >= 4 is 5.91 Å². The second kappa shape index (κ2) is 7.13. The van der Waals surface area contributed by atoms with Crippen LogP contribution in [0, 0.1) is 5.92 Å². The summed E-state index contributed by atoms with van der Waals surface area (Å²) in [5.41, 5.74) is 5.89. The molecule has 2 rings (SSSR count). The molecule has 0 aromatic heterocycles. The topological polar surface area (TPSA) is 55.1 Å². The van der Waals surface area contributed by atoms with Gasteiger partial charge in [0.2, 0.25) is 5.91 Å². The van der Waals surface area contributed by atoms with Crippen molar-refractivity contribution in [3.63, 3.8) is 0 Å². The fourth-order valence-electron chi connectivity index (χ4n) is 3.36. The average Bonchev–Trinajstić information content (AvgIpc) is 2.61. The molecule has 3 heteroatoms. The van der Waals surface area contributed by atoms with Crippen molar-refractivity contribution < 1.29 is 4.79 Å². The number of hydrogen-bond donors (Lipinski definition) is 2. The van der Waals surface area contributed by atoms with Crippen LogP contribution in [-0.4, -0.2) is 18.0 Å². The van der Waals surface area contributed by atoms with Crippen molar-refractivity contribution in [1.82, 2.24) is 5.32 Å². The monoisotopic (exact) mass is 252 g/mol. The van der Waals surface area contributed by atoms with Gasteiger partial charge in [0.15, 0.2) is 0 Å². The minimum atomic E-state index is 0.280. The number of amides is 1. The maximum atomic E-state index is 12.0. The lowest BCUT2D eigenvalue weighted by molar-refractivity contribution is -0.123. The van der Waals surface area contributed by atoms with Gasteiger partial charge in [0.25, 0.3) is 0 Å². The Hall–Kier alpha value is -0.570. The lowest BCUT2D eigenvalue weighted by Crippen LogP contribution is -2.36. The summed E-state index contributed by atoms with van der Waals surface area (Å²) in [6, 6.07) is 0.831. The molecule has 0 aliphatic heterocycles. The standard InChI is InChI=1S/C15H28N2O/c16-13-9-7-12(8-10-13)11-15(18)17-14-5-3-1-2-4-6-14/h12-14H,1-11,16H2,(H,17,18). The zero-order chi connectivity index (χ0) is 12.8. The van der Waals surface area contributed by atoms with E-state index in [1.807, 2.05) is 0 Å². The molecule has 0 spiro atoms. The number of nitrogens with two attached hydrogens (primary N) is 1. The maximum Gasteiger partial charge on any atom is 0.220 e. The van der Waals surface area contributed by atoms with Gasteiger partial charge >= 0.3 is 0 Å². The molecule has 0 radical (unpaired) electrons. The molecule has 2 saturated carbocycles. The number of rotatable bonds is 3. The number of carbonyl (C=O) groups excluding carboxylic acids is 1. The Morgan fingerprint density at radius 3 is 2.17 bits per heavy atom. The first kappa shape index (κ1) is 13.9. The Kier molecular flexibility index (Phi) is 5.48. The zero-order valence-corrected chi connectivity index (χ0v) is 11.5. The van der Waals surface area contributed by atoms with Gasteiger partial charge in [-0.3, -0.25) is 4.79 Å². The zero-order valence-electron chi connectivity index (χ0n) is 11.5. The minimum Gasteiger partial charge on any atom is -0.353 e. The molecule has 0 saturated heterocycles. The largest absolute Gasteiger partial charge is 0.353 e. The van der Waals surface area contributed by atoms with Gasteiger partial charge in [-0.15, -0.1) is 0 Å². The molecular weight excluding hydrogens is 224 g/mol. The molecule has 2 fully saturated rings. The van der Waals surface area contributed by atoms with Gasteiger partial charge in [-0.2, -0.15) is 0 Å². The van der Waals surface area contributed by atoms with Gasteiger partial charge in [0.05, 0.1) is 0 Å². The quantitative estimate of drug-likeness (QED) is 0.759. The summed E-state index contributed by atoms with van der Waals surface area (Å²) in [5.74, 6) is 0.859. The van der Waals surface area contributed by atoms with Crippen molar-refractivity contribution in [3.05, 3.63) is 0 Å². The van der Waals surface area contributed by atoms with Crippen molar-refractivity contribution in [2.24, 2.45) is 11.7 Å². The summed E-state index contributed by atoms with van der Waals surface area (Å²) in [6.07, 6.45) is 12.8. The van der Waals surface area contributed by atoms with Crippen LogP contribution < -0.4 is 11.1 Å². The highest BCUT2D eigenvalue weighted by Crippen LogP contribution is 2.26. The smallest absolute Gasteiger partial charge is 0.220 e.